The molecule has 0 atom stereocenters. The van der Waals surface area contributed by atoms with Crippen molar-refractivity contribution in [1.29, 1.82) is 0 Å². The molecule has 0 aliphatic carbocycles. The number of likely N-dealkylation sites (tertiary alicyclic amines) is 1. The molecular weight excluding hydrogens is 436 g/mol. The van der Waals surface area contributed by atoms with Crippen LogP contribution >= 0.6 is 11.3 Å². The van der Waals surface area contributed by atoms with Gasteiger partial charge in [-0.1, -0.05) is 41.2 Å². The van der Waals surface area contributed by atoms with Gasteiger partial charge in [0.15, 0.2) is 5.13 Å². The van der Waals surface area contributed by atoms with E-state index in [2.05, 4.69) is 10.3 Å². The number of aryl methyl sites for hydroxylation is 1. The van der Waals surface area contributed by atoms with Gasteiger partial charge in [0.2, 0.25) is 5.91 Å². The summed E-state index contributed by atoms with van der Waals surface area (Å²) in [5, 5.41) is 2.99. The van der Waals surface area contributed by atoms with Gasteiger partial charge in [-0.25, -0.2) is 22.5 Å². The number of nitrogens with zero attached hydrogens (tertiary/aromatic N) is 3. The van der Waals surface area contributed by atoms with Crippen molar-refractivity contribution in [3.63, 3.8) is 0 Å². The van der Waals surface area contributed by atoms with E-state index < -0.39 is 28.5 Å². The number of nitrogens with one attached hydrogen (secondary N) is 1. The first-order valence-corrected chi connectivity index (χ1v) is 12.1. The Bertz CT molecular complexity index is 1180. The summed E-state index contributed by atoms with van der Waals surface area (Å²) in [6, 6.07) is 13.0. The lowest BCUT2D eigenvalue weighted by atomic mass is 10.2. The third kappa shape index (κ3) is 4.54. The predicted molar refractivity (Wildman–Crippen MR) is 120 cm³/mol. The molecule has 1 aromatic heterocycles. The number of para-hydroxylation sites is 1. The van der Waals surface area contributed by atoms with Crippen LogP contribution in [0.5, 0.6) is 0 Å². The predicted octanol–water partition coefficient (Wildman–Crippen LogP) is 3.45. The Morgan fingerprint density at radius 1 is 1.10 bits per heavy atom. The quantitative estimate of drug-likeness (QED) is 0.631. The SMILES string of the molecule is Cc1ccc(S(=O)(=O)N(CC(=O)Nc2nc3ccccc3s2)C(=O)N2CCCC2)cc1. The zero-order valence-corrected chi connectivity index (χ0v) is 18.6. The summed E-state index contributed by atoms with van der Waals surface area (Å²) in [7, 11) is -4.20. The first-order valence-electron chi connectivity index (χ1n) is 9.88. The van der Waals surface area contributed by atoms with Crippen LogP contribution in [0.3, 0.4) is 0 Å². The van der Waals surface area contributed by atoms with Gasteiger partial charge >= 0.3 is 6.03 Å². The maximum atomic E-state index is 13.3. The van der Waals surface area contributed by atoms with Gasteiger partial charge in [0.05, 0.1) is 15.1 Å². The summed E-state index contributed by atoms with van der Waals surface area (Å²) in [5.41, 5.74) is 1.63. The second-order valence-electron chi connectivity index (χ2n) is 7.34. The number of sulfonamides is 1. The zero-order valence-electron chi connectivity index (χ0n) is 16.9. The highest BCUT2D eigenvalue weighted by atomic mass is 32.2. The number of thiazole rings is 1. The lowest BCUT2D eigenvalue weighted by molar-refractivity contribution is -0.116. The molecule has 31 heavy (non-hydrogen) atoms. The number of carbonyl (C=O) groups is 2. The van der Waals surface area contributed by atoms with E-state index >= 15 is 0 Å². The maximum absolute atomic E-state index is 13.3. The summed E-state index contributed by atoms with van der Waals surface area (Å²) in [5.74, 6) is -0.623. The van der Waals surface area contributed by atoms with Crippen LogP contribution in [0.25, 0.3) is 10.2 Å². The molecule has 1 aliphatic rings. The van der Waals surface area contributed by atoms with Gasteiger partial charge in [-0.2, -0.15) is 0 Å². The molecule has 0 saturated carbocycles. The molecule has 1 saturated heterocycles. The Hall–Kier alpha value is -2.98. The third-order valence-electron chi connectivity index (χ3n) is 5.03. The average Bonchev–Trinajstić information content (AvgIpc) is 3.41. The summed E-state index contributed by atoms with van der Waals surface area (Å²) < 4.78 is 28.1. The average molecular weight is 459 g/mol. The van der Waals surface area contributed by atoms with E-state index in [9.17, 15) is 18.0 Å². The molecule has 8 nitrogen and oxygen atoms in total. The molecule has 1 aliphatic heterocycles. The van der Waals surface area contributed by atoms with Crippen molar-refractivity contribution < 1.29 is 18.0 Å². The largest absolute Gasteiger partial charge is 0.334 e. The minimum atomic E-state index is -4.20. The Morgan fingerprint density at radius 3 is 2.45 bits per heavy atom. The number of rotatable bonds is 5. The van der Waals surface area contributed by atoms with Crippen molar-refractivity contribution in [3.05, 3.63) is 54.1 Å². The molecule has 0 spiro atoms. The third-order valence-corrected chi connectivity index (χ3v) is 7.71. The lowest BCUT2D eigenvalue weighted by Gasteiger charge is -2.27. The molecule has 1 fully saturated rings. The van der Waals surface area contributed by atoms with E-state index in [4.69, 9.17) is 0 Å². The molecule has 2 heterocycles. The standard InChI is InChI=1S/C21H22N4O4S2/c1-15-8-10-16(11-9-15)31(28,29)25(21(27)24-12-4-5-13-24)14-19(26)23-20-22-17-6-2-3-7-18(17)30-20/h2-3,6-11H,4-5,12-14H2,1H3,(H,22,23,26). The van der Waals surface area contributed by atoms with Crippen molar-refractivity contribution >= 4 is 48.6 Å². The minimum absolute atomic E-state index is 0.0292. The van der Waals surface area contributed by atoms with Gasteiger partial charge in [-0.05, 0) is 44.0 Å². The Morgan fingerprint density at radius 2 is 1.77 bits per heavy atom. The van der Waals surface area contributed by atoms with Gasteiger partial charge in [0, 0.05) is 13.1 Å². The Labute approximate surface area is 184 Å². The van der Waals surface area contributed by atoms with Crippen LogP contribution in [0.2, 0.25) is 0 Å². The van der Waals surface area contributed by atoms with Gasteiger partial charge in [0.1, 0.15) is 6.54 Å². The first kappa shape index (κ1) is 21.3. The number of amides is 3. The number of hydrogen-bond donors (Lipinski definition) is 1. The lowest BCUT2D eigenvalue weighted by Crippen LogP contribution is -2.48. The molecule has 2 aromatic carbocycles. The molecule has 162 valence electrons. The van der Waals surface area contributed by atoms with E-state index in [-0.39, 0.29) is 4.90 Å². The highest BCUT2D eigenvalue weighted by Gasteiger charge is 2.35. The van der Waals surface area contributed by atoms with E-state index in [1.54, 1.807) is 12.1 Å². The van der Waals surface area contributed by atoms with Gasteiger partial charge < -0.3 is 10.2 Å². The normalized spacial score (nSPS) is 14.0. The van der Waals surface area contributed by atoms with Crippen molar-refractivity contribution in [2.24, 2.45) is 0 Å². The second kappa shape index (κ2) is 8.64. The zero-order chi connectivity index (χ0) is 22.0. The van der Waals surface area contributed by atoms with Crippen LogP contribution in [0, 0.1) is 6.92 Å². The number of aromatic nitrogens is 1. The highest BCUT2D eigenvalue weighted by Crippen LogP contribution is 2.26. The van der Waals surface area contributed by atoms with Crippen molar-refractivity contribution in [2.45, 2.75) is 24.7 Å². The first-order chi connectivity index (χ1) is 14.8. The number of fused-ring (bicyclic) bond motifs is 1. The molecule has 3 aromatic rings. The number of benzene rings is 2. The van der Waals surface area contributed by atoms with Crippen LogP contribution in [0.15, 0.2) is 53.4 Å². The maximum Gasteiger partial charge on any atom is 0.334 e. The van der Waals surface area contributed by atoms with Crippen molar-refractivity contribution in [1.82, 2.24) is 14.2 Å². The minimum Gasteiger partial charge on any atom is -0.324 e. The molecular formula is C21H22N4O4S2. The fourth-order valence-corrected chi connectivity index (χ4v) is 5.60. The number of carbonyl (C=O) groups excluding carboxylic acids is 2. The van der Waals surface area contributed by atoms with Crippen molar-refractivity contribution in [3.8, 4) is 0 Å². The second-order valence-corrected chi connectivity index (χ2v) is 10.2. The van der Waals surface area contributed by atoms with E-state index in [1.165, 1.54) is 28.4 Å². The number of hydrogen-bond acceptors (Lipinski definition) is 6. The number of anilines is 1. The van der Waals surface area contributed by atoms with E-state index in [0.29, 0.717) is 22.5 Å². The van der Waals surface area contributed by atoms with E-state index in [1.807, 2.05) is 31.2 Å². The van der Waals surface area contributed by atoms with Crippen molar-refractivity contribution in [2.75, 3.05) is 25.0 Å². The summed E-state index contributed by atoms with van der Waals surface area (Å²) >= 11 is 1.29. The molecule has 10 heteroatoms. The van der Waals surface area contributed by atoms with Crippen LogP contribution in [0.1, 0.15) is 18.4 Å². The highest BCUT2D eigenvalue weighted by molar-refractivity contribution is 7.89. The molecule has 0 bridgehead atoms. The van der Waals surface area contributed by atoms with E-state index in [0.717, 1.165) is 28.6 Å². The van der Waals surface area contributed by atoms with Crippen LogP contribution in [-0.4, -0.2) is 54.2 Å². The van der Waals surface area contributed by atoms with Gasteiger partial charge in [-0.15, -0.1) is 0 Å². The summed E-state index contributed by atoms with van der Waals surface area (Å²) in [4.78, 5) is 31.5. The van der Waals surface area contributed by atoms with Crippen LogP contribution in [0.4, 0.5) is 9.93 Å². The monoisotopic (exact) mass is 458 g/mol. The fourth-order valence-electron chi connectivity index (χ4n) is 3.37. The molecule has 3 amide bonds. The molecule has 0 unspecified atom stereocenters. The molecule has 4 rings (SSSR count). The number of urea groups is 1. The fraction of sp³-hybridized carbons (Fsp3) is 0.286. The Balaban J connectivity index is 1.59. The topological polar surface area (TPSA) is 99.7 Å². The Kier molecular flexibility index (Phi) is 5.92. The van der Waals surface area contributed by atoms with Crippen LogP contribution in [-0.2, 0) is 14.8 Å². The van der Waals surface area contributed by atoms with Crippen LogP contribution < -0.4 is 5.32 Å². The molecule has 0 radical (unpaired) electrons. The van der Waals surface area contributed by atoms with Gasteiger partial charge in [0.25, 0.3) is 10.0 Å². The summed E-state index contributed by atoms with van der Waals surface area (Å²) in [6.07, 6.45) is 1.62. The smallest absolute Gasteiger partial charge is 0.324 e. The molecule has 1 N–H and O–H groups in total. The van der Waals surface area contributed by atoms with Gasteiger partial charge in [-0.3, -0.25) is 4.79 Å². The summed E-state index contributed by atoms with van der Waals surface area (Å²) in [6.45, 7) is 2.16.